The Bertz CT molecular complexity index is 647. The van der Waals surface area contributed by atoms with Gasteiger partial charge in [0.05, 0.1) is 6.42 Å². The minimum atomic E-state index is -0.159. The highest BCUT2D eigenvalue weighted by Crippen LogP contribution is 2.61. The van der Waals surface area contributed by atoms with Crippen molar-refractivity contribution in [2.75, 3.05) is 0 Å². The maximum Gasteiger partial charge on any atom is 0.242 e. The molecular formula is C21H28N2O2. The van der Waals surface area contributed by atoms with Gasteiger partial charge in [-0.1, -0.05) is 24.3 Å². The molecule has 4 fully saturated rings. The molecule has 2 amide bonds. The van der Waals surface area contributed by atoms with Crippen LogP contribution in [0.4, 0.5) is 0 Å². The Kier molecular flexibility index (Phi) is 4.30. The minimum absolute atomic E-state index is 0.0277. The van der Waals surface area contributed by atoms with Crippen molar-refractivity contribution in [3.8, 4) is 0 Å². The fraction of sp³-hybridized carbons (Fsp3) is 0.619. The van der Waals surface area contributed by atoms with E-state index < -0.39 is 0 Å². The van der Waals surface area contributed by atoms with Crippen LogP contribution >= 0.6 is 0 Å². The molecule has 0 atom stereocenters. The third kappa shape index (κ3) is 3.58. The molecule has 134 valence electrons. The van der Waals surface area contributed by atoms with Crippen molar-refractivity contribution in [1.82, 2.24) is 10.9 Å². The number of amides is 2. The van der Waals surface area contributed by atoms with Crippen LogP contribution in [-0.2, 0) is 16.0 Å². The van der Waals surface area contributed by atoms with Crippen LogP contribution in [-0.4, -0.2) is 11.8 Å². The lowest BCUT2D eigenvalue weighted by Crippen LogP contribution is -2.50. The minimum Gasteiger partial charge on any atom is -0.273 e. The Morgan fingerprint density at radius 1 is 0.960 bits per heavy atom. The van der Waals surface area contributed by atoms with Crippen molar-refractivity contribution in [1.29, 1.82) is 0 Å². The quantitative estimate of drug-likeness (QED) is 0.826. The first-order valence-electron chi connectivity index (χ1n) is 9.63. The molecule has 4 aliphatic rings. The molecule has 0 aliphatic heterocycles. The van der Waals surface area contributed by atoms with Gasteiger partial charge >= 0.3 is 0 Å². The molecule has 1 aromatic carbocycles. The molecule has 25 heavy (non-hydrogen) atoms. The van der Waals surface area contributed by atoms with Crippen LogP contribution in [0.25, 0.3) is 0 Å². The molecule has 2 N–H and O–H groups in total. The second-order valence-corrected chi connectivity index (χ2v) is 8.79. The van der Waals surface area contributed by atoms with Crippen molar-refractivity contribution in [3.05, 3.63) is 35.4 Å². The number of hydrogen-bond acceptors (Lipinski definition) is 2. The highest BCUT2D eigenvalue weighted by atomic mass is 16.2. The molecule has 0 radical (unpaired) electrons. The summed E-state index contributed by atoms with van der Waals surface area (Å²) in [6.45, 7) is 1.99. The maximum absolute atomic E-state index is 12.4. The summed E-state index contributed by atoms with van der Waals surface area (Å²) in [5.41, 5.74) is 7.56. The predicted molar refractivity (Wildman–Crippen MR) is 96.4 cm³/mol. The third-order valence-corrected chi connectivity index (χ3v) is 6.65. The highest BCUT2D eigenvalue weighted by molar-refractivity contribution is 5.83. The summed E-state index contributed by atoms with van der Waals surface area (Å²) in [5, 5.41) is 0. The largest absolute Gasteiger partial charge is 0.273 e. The van der Waals surface area contributed by atoms with Crippen LogP contribution in [0.1, 0.15) is 56.1 Å². The number of nitrogens with one attached hydrogen (secondary N) is 2. The van der Waals surface area contributed by atoms with E-state index in [4.69, 9.17) is 0 Å². The lowest BCUT2D eigenvalue weighted by Gasteiger charge is -2.56. The van der Waals surface area contributed by atoms with E-state index in [1.807, 2.05) is 31.2 Å². The van der Waals surface area contributed by atoms with E-state index in [0.29, 0.717) is 12.8 Å². The third-order valence-electron chi connectivity index (χ3n) is 6.65. The summed E-state index contributed by atoms with van der Waals surface area (Å²) in [5.74, 6) is 2.34. The van der Waals surface area contributed by atoms with Crippen molar-refractivity contribution < 1.29 is 9.59 Å². The molecule has 4 aliphatic carbocycles. The maximum atomic E-state index is 12.4. The van der Waals surface area contributed by atoms with Gasteiger partial charge in [-0.25, -0.2) is 0 Å². The van der Waals surface area contributed by atoms with Gasteiger partial charge in [0.2, 0.25) is 11.8 Å². The monoisotopic (exact) mass is 340 g/mol. The first-order chi connectivity index (χ1) is 12.0. The van der Waals surface area contributed by atoms with Crippen LogP contribution in [0.2, 0.25) is 0 Å². The summed E-state index contributed by atoms with van der Waals surface area (Å²) in [6.07, 6.45) is 8.65. The molecular weight excluding hydrogens is 312 g/mol. The van der Waals surface area contributed by atoms with Crippen molar-refractivity contribution >= 4 is 11.8 Å². The first-order valence-corrected chi connectivity index (χ1v) is 9.63. The van der Waals surface area contributed by atoms with Gasteiger partial charge in [-0.2, -0.15) is 0 Å². The predicted octanol–water partition coefficient (Wildman–Crippen LogP) is 3.29. The first kappa shape index (κ1) is 16.6. The smallest absolute Gasteiger partial charge is 0.242 e. The van der Waals surface area contributed by atoms with Crippen LogP contribution in [0.5, 0.6) is 0 Å². The highest BCUT2D eigenvalue weighted by Gasteiger charge is 2.51. The van der Waals surface area contributed by atoms with Crippen LogP contribution in [0.3, 0.4) is 0 Å². The Morgan fingerprint density at radius 3 is 2.12 bits per heavy atom. The Labute approximate surface area is 149 Å². The average molecular weight is 340 g/mol. The van der Waals surface area contributed by atoms with Gasteiger partial charge in [0, 0.05) is 6.42 Å². The molecule has 4 bridgehead atoms. The second-order valence-electron chi connectivity index (χ2n) is 8.79. The molecule has 4 heteroatoms. The van der Waals surface area contributed by atoms with E-state index in [1.54, 1.807) is 0 Å². The summed E-state index contributed by atoms with van der Waals surface area (Å²) < 4.78 is 0. The molecule has 0 aromatic heterocycles. The van der Waals surface area contributed by atoms with Gasteiger partial charge in [-0.05, 0) is 79.7 Å². The van der Waals surface area contributed by atoms with Gasteiger partial charge in [0.25, 0.3) is 0 Å². The molecule has 0 saturated heterocycles. The summed E-state index contributed by atoms with van der Waals surface area (Å²) in [7, 11) is 0. The van der Waals surface area contributed by atoms with Gasteiger partial charge in [-0.3, -0.25) is 20.4 Å². The van der Waals surface area contributed by atoms with E-state index in [-0.39, 0.29) is 17.2 Å². The SMILES string of the molecule is Cc1ccccc1CC(=O)NNC(=O)CC12CC3CC(CC(C3)C1)C2. The summed E-state index contributed by atoms with van der Waals surface area (Å²) in [4.78, 5) is 24.5. The van der Waals surface area contributed by atoms with E-state index in [1.165, 1.54) is 38.5 Å². The molecule has 0 unspecified atom stereocenters. The Hall–Kier alpha value is -1.84. The summed E-state index contributed by atoms with van der Waals surface area (Å²) >= 11 is 0. The standard InChI is InChI=1S/C21H28N2O2/c1-14-4-2-3-5-18(14)9-19(24)22-23-20(25)13-21-10-15-6-16(11-21)8-17(7-15)12-21/h2-5,15-17H,6-13H2,1H3,(H,22,24)(H,23,25). The van der Waals surface area contributed by atoms with E-state index in [0.717, 1.165) is 28.9 Å². The molecule has 0 spiro atoms. The van der Waals surface area contributed by atoms with E-state index in [2.05, 4.69) is 10.9 Å². The zero-order valence-electron chi connectivity index (χ0n) is 15.0. The number of benzene rings is 1. The summed E-state index contributed by atoms with van der Waals surface area (Å²) in [6, 6.07) is 7.84. The van der Waals surface area contributed by atoms with Crippen LogP contribution < -0.4 is 10.9 Å². The molecule has 5 rings (SSSR count). The second kappa shape index (κ2) is 6.47. The van der Waals surface area contributed by atoms with Gasteiger partial charge in [0.1, 0.15) is 0 Å². The Balaban J connectivity index is 1.28. The van der Waals surface area contributed by atoms with Crippen molar-refractivity contribution in [2.45, 2.75) is 58.3 Å². The lowest BCUT2D eigenvalue weighted by atomic mass is 9.49. The molecule has 0 heterocycles. The normalized spacial score (nSPS) is 32.4. The van der Waals surface area contributed by atoms with Gasteiger partial charge in [0.15, 0.2) is 0 Å². The van der Waals surface area contributed by atoms with Crippen molar-refractivity contribution in [3.63, 3.8) is 0 Å². The average Bonchev–Trinajstić information content (AvgIpc) is 2.53. The van der Waals surface area contributed by atoms with Crippen molar-refractivity contribution in [2.24, 2.45) is 23.2 Å². The number of carbonyl (C=O) groups excluding carboxylic acids is 2. The zero-order valence-corrected chi connectivity index (χ0v) is 15.0. The number of hydrazine groups is 1. The van der Waals surface area contributed by atoms with E-state index >= 15 is 0 Å². The lowest BCUT2D eigenvalue weighted by molar-refractivity contribution is -0.134. The number of carbonyl (C=O) groups is 2. The van der Waals surface area contributed by atoms with Crippen LogP contribution in [0.15, 0.2) is 24.3 Å². The number of hydrogen-bond donors (Lipinski definition) is 2. The zero-order chi connectivity index (χ0) is 17.4. The Morgan fingerprint density at radius 2 is 1.52 bits per heavy atom. The van der Waals surface area contributed by atoms with E-state index in [9.17, 15) is 9.59 Å². The fourth-order valence-electron chi connectivity index (χ4n) is 6.06. The fourth-order valence-corrected chi connectivity index (χ4v) is 6.06. The molecule has 4 saturated carbocycles. The molecule has 4 nitrogen and oxygen atoms in total. The topological polar surface area (TPSA) is 58.2 Å². The van der Waals surface area contributed by atoms with Gasteiger partial charge in [-0.15, -0.1) is 0 Å². The number of rotatable bonds is 4. The van der Waals surface area contributed by atoms with Crippen LogP contribution in [0, 0.1) is 30.1 Å². The number of aryl methyl sites for hydroxylation is 1. The van der Waals surface area contributed by atoms with Gasteiger partial charge < -0.3 is 0 Å². The molecule has 1 aromatic rings.